The van der Waals surface area contributed by atoms with Crippen LogP contribution in [0.15, 0.2) is 45.5 Å². The molecule has 1 atom stereocenters. The topological polar surface area (TPSA) is 62.5 Å². The van der Waals surface area contributed by atoms with Crippen molar-refractivity contribution in [2.24, 2.45) is 0 Å². The number of carboxylic acid groups (broad SMARTS) is 1. The average molecular weight is 324 g/mol. The Balaban J connectivity index is 2.02. The molecule has 0 amide bonds. The van der Waals surface area contributed by atoms with Crippen molar-refractivity contribution in [2.45, 2.75) is 19.5 Å². The van der Waals surface area contributed by atoms with Crippen molar-refractivity contribution in [3.8, 4) is 0 Å². The van der Waals surface area contributed by atoms with Gasteiger partial charge in [0.25, 0.3) is 0 Å². The van der Waals surface area contributed by atoms with Crippen LogP contribution in [0.2, 0.25) is 0 Å². The molecule has 0 aliphatic rings. The summed E-state index contributed by atoms with van der Waals surface area (Å²) < 4.78 is 5.96. The number of furan rings is 1. The van der Waals surface area contributed by atoms with E-state index in [1.807, 2.05) is 31.2 Å². The zero-order valence-corrected chi connectivity index (χ0v) is 12.0. The van der Waals surface area contributed by atoms with Gasteiger partial charge < -0.3 is 14.8 Å². The third kappa shape index (κ3) is 3.45. The van der Waals surface area contributed by atoms with Gasteiger partial charge >= 0.3 is 5.97 Å². The fraction of sp³-hybridized carbons (Fsp3) is 0.214. The first-order valence-corrected chi connectivity index (χ1v) is 6.65. The van der Waals surface area contributed by atoms with Gasteiger partial charge in [-0.05, 0) is 30.7 Å². The number of halogens is 1. The summed E-state index contributed by atoms with van der Waals surface area (Å²) in [5.41, 5.74) is 1.78. The molecule has 5 heteroatoms. The molecule has 19 heavy (non-hydrogen) atoms. The number of hydrogen-bond acceptors (Lipinski definition) is 3. The van der Waals surface area contributed by atoms with Gasteiger partial charge in [-0.15, -0.1) is 0 Å². The van der Waals surface area contributed by atoms with Crippen LogP contribution >= 0.6 is 15.9 Å². The number of nitrogens with one attached hydrogen (secondary N) is 1. The lowest BCUT2D eigenvalue weighted by Crippen LogP contribution is -2.19. The number of carboxylic acids is 1. The Morgan fingerprint density at radius 1 is 1.47 bits per heavy atom. The Kier molecular flexibility index (Phi) is 4.39. The quantitative estimate of drug-likeness (QED) is 0.882. The van der Waals surface area contributed by atoms with E-state index in [0.717, 1.165) is 10.0 Å². The maximum absolute atomic E-state index is 10.9. The van der Waals surface area contributed by atoms with Gasteiger partial charge in [-0.1, -0.05) is 28.1 Å². The minimum atomic E-state index is -1.04. The molecular formula is C14H14BrNO3. The number of benzene rings is 1. The van der Waals surface area contributed by atoms with Crippen LogP contribution in [0, 0.1) is 0 Å². The predicted molar refractivity (Wildman–Crippen MR) is 75.1 cm³/mol. The molecule has 0 spiro atoms. The fourth-order valence-electron chi connectivity index (χ4n) is 1.82. The normalized spacial score (nSPS) is 12.3. The summed E-state index contributed by atoms with van der Waals surface area (Å²) in [4.78, 5) is 10.9. The highest BCUT2D eigenvalue weighted by Crippen LogP contribution is 2.19. The van der Waals surface area contributed by atoms with Gasteiger partial charge in [-0.2, -0.15) is 0 Å². The monoisotopic (exact) mass is 323 g/mol. The molecule has 1 unspecified atom stereocenters. The minimum absolute atomic E-state index is 0.00561. The van der Waals surface area contributed by atoms with Crippen molar-refractivity contribution in [3.05, 3.63) is 58.0 Å². The van der Waals surface area contributed by atoms with E-state index in [1.54, 1.807) is 6.07 Å². The first kappa shape index (κ1) is 13.8. The van der Waals surface area contributed by atoms with Gasteiger partial charge in [0.1, 0.15) is 0 Å². The summed E-state index contributed by atoms with van der Waals surface area (Å²) in [5, 5.41) is 12.2. The molecule has 0 saturated carbocycles. The van der Waals surface area contributed by atoms with Crippen molar-refractivity contribution in [2.75, 3.05) is 0 Å². The smallest absolute Gasteiger partial charge is 0.372 e. The van der Waals surface area contributed by atoms with Crippen LogP contribution in [-0.4, -0.2) is 11.1 Å². The van der Waals surface area contributed by atoms with Crippen LogP contribution in [0.5, 0.6) is 0 Å². The number of rotatable bonds is 5. The van der Waals surface area contributed by atoms with E-state index in [-0.39, 0.29) is 11.8 Å². The first-order valence-electron chi connectivity index (χ1n) is 5.86. The molecule has 0 saturated heterocycles. The molecule has 0 bridgehead atoms. The second-order valence-corrected chi connectivity index (χ2v) is 5.15. The SMILES string of the molecule is CC(NCc1ccoc1C(=O)O)c1cccc(Br)c1. The summed E-state index contributed by atoms with van der Waals surface area (Å²) in [6.45, 7) is 2.48. The third-order valence-electron chi connectivity index (χ3n) is 2.89. The lowest BCUT2D eigenvalue weighted by Gasteiger charge is -2.14. The van der Waals surface area contributed by atoms with Gasteiger partial charge in [-0.3, -0.25) is 0 Å². The van der Waals surface area contributed by atoms with Crippen molar-refractivity contribution < 1.29 is 14.3 Å². The molecule has 1 aromatic heterocycles. The van der Waals surface area contributed by atoms with Crippen LogP contribution in [0.4, 0.5) is 0 Å². The molecule has 2 rings (SSSR count). The molecule has 0 aliphatic heterocycles. The second-order valence-electron chi connectivity index (χ2n) is 4.24. The van der Waals surface area contributed by atoms with Crippen molar-refractivity contribution in [1.29, 1.82) is 0 Å². The predicted octanol–water partition coefficient (Wildman–Crippen LogP) is 3.59. The highest BCUT2D eigenvalue weighted by atomic mass is 79.9. The number of aromatic carboxylic acids is 1. The van der Waals surface area contributed by atoms with E-state index in [1.165, 1.54) is 6.26 Å². The van der Waals surface area contributed by atoms with Gasteiger partial charge in [0.2, 0.25) is 5.76 Å². The van der Waals surface area contributed by atoms with E-state index < -0.39 is 5.97 Å². The molecule has 1 heterocycles. The largest absolute Gasteiger partial charge is 0.475 e. The second kappa shape index (κ2) is 6.04. The van der Waals surface area contributed by atoms with Crippen molar-refractivity contribution >= 4 is 21.9 Å². The number of carbonyl (C=O) groups is 1. The summed E-state index contributed by atoms with van der Waals surface area (Å²) in [6.07, 6.45) is 1.39. The summed E-state index contributed by atoms with van der Waals surface area (Å²) in [7, 11) is 0. The molecule has 4 nitrogen and oxygen atoms in total. The maximum atomic E-state index is 10.9. The molecule has 0 aliphatic carbocycles. The molecule has 2 aromatic rings. The van der Waals surface area contributed by atoms with Crippen molar-refractivity contribution in [1.82, 2.24) is 5.32 Å². The van der Waals surface area contributed by atoms with E-state index in [9.17, 15) is 4.79 Å². The lowest BCUT2D eigenvalue weighted by atomic mass is 10.1. The highest BCUT2D eigenvalue weighted by molar-refractivity contribution is 9.10. The van der Waals surface area contributed by atoms with Crippen LogP contribution in [0.25, 0.3) is 0 Å². The van der Waals surface area contributed by atoms with E-state index in [4.69, 9.17) is 9.52 Å². The van der Waals surface area contributed by atoms with E-state index in [0.29, 0.717) is 12.1 Å². The zero-order chi connectivity index (χ0) is 13.8. The Morgan fingerprint density at radius 3 is 2.95 bits per heavy atom. The third-order valence-corrected chi connectivity index (χ3v) is 3.38. The van der Waals surface area contributed by atoms with E-state index >= 15 is 0 Å². The average Bonchev–Trinajstić information content (AvgIpc) is 2.84. The molecule has 2 N–H and O–H groups in total. The van der Waals surface area contributed by atoms with Crippen LogP contribution in [-0.2, 0) is 6.54 Å². The summed E-state index contributed by atoms with van der Waals surface area (Å²) in [6, 6.07) is 9.78. The van der Waals surface area contributed by atoms with Crippen LogP contribution in [0.1, 0.15) is 34.6 Å². The summed E-state index contributed by atoms with van der Waals surface area (Å²) >= 11 is 3.43. The highest BCUT2D eigenvalue weighted by Gasteiger charge is 2.14. The zero-order valence-electron chi connectivity index (χ0n) is 10.4. The minimum Gasteiger partial charge on any atom is -0.475 e. The van der Waals surface area contributed by atoms with Gasteiger partial charge in [0.05, 0.1) is 6.26 Å². The van der Waals surface area contributed by atoms with E-state index in [2.05, 4.69) is 21.2 Å². The van der Waals surface area contributed by atoms with Crippen molar-refractivity contribution in [3.63, 3.8) is 0 Å². The molecule has 100 valence electrons. The first-order chi connectivity index (χ1) is 9.08. The van der Waals surface area contributed by atoms with Gasteiger partial charge in [0.15, 0.2) is 0 Å². The van der Waals surface area contributed by atoms with Crippen LogP contribution < -0.4 is 5.32 Å². The van der Waals surface area contributed by atoms with Crippen LogP contribution in [0.3, 0.4) is 0 Å². The Bertz CT molecular complexity index is 580. The molecule has 1 aromatic carbocycles. The molecule has 0 radical (unpaired) electrons. The standard InChI is InChI=1S/C14H14BrNO3/c1-9(10-3-2-4-12(15)7-10)16-8-11-5-6-19-13(11)14(17)18/h2-7,9,16H,8H2,1H3,(H,17,18). The Hall–Kier alpha value is -1.59. The summed E-state index contributed by atoms with van der Waals surface area (Å²) in [5.74, 6) is -1.05. The fourth-order valence-corrected chi connectivity index (χ4v) is 2.24. The van der Waals surface area contributed by atoms with Gasteiger partial charge in [0, 0.05) is 22.6 Å². The molecule has 0 fully saturated rings. The maximum Gasteiger partial charge on any atom is 0.372 e. The molecular weight excluding hydrogens is 310 g/mol. The van der Waals surface area contributed by atoms with Gasteiger partial charge in [-0.25, -0.2) is 4.79 Å². The Morgan fingerprint density at radius 2 is 2.26 bits per heavy atom. The lowest BCUT2D eigenvalue weighted by molar-refractivity contribution is 0.0660. The Labute approximate surface area is 119 Å². The number of hydrogen-bond donors (Lipinski definition) is 2.